The number of carboxylic acid groups (broad SMARTS) is 1. The van der Waals surface area contributed by atoms with Gasteiger partial charge in [0, 0.05) is 13.1 Å². The average molecular weight is 231 g/mol. The molecule has 0 aliphatic carbocycles. The van der Waals surface area contributed by atoms with Gasteiger partial charge in [0.05, 0.1) is 24.4 Å². The van der Waals surface area contributed by atoms with Gasteiger partial charge in [-0.15, -0.1) is 0 Å². The van der Waals surface area contributed by atoms with Gasteiger partial charge in [0.25, 0.3) is 0 Å². The minimum atomic E-state index is -0.913. The monoisotopic (exact) mass is 231 g/mol. The molecular weight excluding hydrogens is 210 g/mol. The Kier molecular flexibility index (Phi) is 4.29. The Hall–Kier alpha value is -0.650. The lowest BCUT2D eigenvalue weighted by atomic mass is 9.94. The zero-order chi connectivity index (χ0) is 12.3. The quantitative estimate of drug-likeness (QED) is 0.741. The number of hydrogen-bond acceptors (Lipinski definition) is 4. The van der Waals surface area contributed by atoms with Crippen molar-refractivity contribution in [2.75, 3.05) is 19.8 Å². The molecular formula is C11H21NO4. The summed E-state index contributed by atoms with van der Waals surface area (Å²) < 4.78 is 5.58. The number of aliphatic carboxylic acids is 1. The van der Waals surface area contributed by atoms with Gasteiger partial charge in [-0.3, -0.25) is 9.69 Å². The van der Waals surface area contributed by atoms with Crippen molar-refractivity contribution in [2.45, 2.75) is 38.9 Å². The van der Waals surface area contributed by atoms with E-state index in [1.54, 1.807) is 0 Å². The Labute approximate surface area is 96.0 Å². The van der Waals surface area contributed by atoms with E-state index in [4.69, 9.17) is 9.84 Å². The van der Waals surface area contributed by atoms with Crippen LogP contribution in [0.3, 0.4) is 0 Å². The van der Waals surface area contributed by atoms with E-state index in [1.807, 2.05) is 25.7 Å². The number of nitrogens with zero attached hydrogens (tertiary/aromatic N) is 1. The van der Waals surface area contributed by atoms with Gasteiger partial charge in [0.1, 0.15) is 0 Å². The van der Waals surface area contributed by atoms with E-state index < -0.39 is 18.0 Å². The zero-order valence-corrected chi connectivity index (χ0v) is 10.1. The highest BCUT2D eigenvalue weighted by Crippen LogP contribution is 2.19. The third-order valence-corrected chi connectivity index (χ3v) is 2.66. The molecule has 5 nitrogen and oxygen atoms in total. The molecule has 0 spiro atoms. The molecule has 0 aromatic heterocycles. The molecule has 0 aromatic carbocycles. The number of rotatable bonds is 3. The van der Waals surface area contributed by atoms with Crippen LogP contribution in [0.2, 0.25) is 0 Å². The second-order valence-electron chi connectivity index (χ2n) is 5.26. The van der Waals surface area contributed by atoms with E-state index in [1.165, 1.54) is 0 Å². The molecule has 0 amide bonds. The first kappa shape index (κ1) is 13.4. The normalized spacial score (nSPS) is 28.0. The molecule has 94 valence electrons. The van der Waals surface area contributed by atoms with Gasteiger partial charge in [-0.2, -0.15) is 0 Å². The lowest BCUT2D eigenvalue weighted by Gasteiger charge is -2.35. The van der Waals surface area contributed by atoms with Gasteiger partial charge < -0.3 is 14.9 Å². The molecule has 0 radical (unpaired) electrons. The van der Waals surface area contributed by atoms with Crippen molar-refractivity contribution in [2.24, 2.45) is 5.92 Å². The van der Waals surface area contributed by atoms with Crippen LogP contribution in [0.5, 0.6) is 0 Å². The highest BCUT2D eigenvalue weighted by atomic mass is 16.5. The Morgan fingerprint density at radius 2 is 2.12 bits per heavy atom. The fourth-order valence-electron chi connectivity index (χ4n) is 1.69. The van der Waals surface area contributed by atoms with Crippen LogP contribution in [0.25, 0.3) is 0 Å². The predicted octanol–water partition coefficient (Wildman–Crippen LogP) is 0.526. The molecule has 1 rings (SSSR count). The summed E-state index contributed by atoms with van der Waals surface area (Å²) in [6, 6.07) is 0. The van der Waals surface area contributed by atoms with Crippen molar-refractivity contribution in [1.82, 2.24) is 4.90 Å². The summed E-state index contributed by atoms with van der Waals surface area (Å²) in [5.41, 5.74) is -0.214. The van der Waals surface area contributed by atoms with Gasteiger partial charge in [-0.1, -0.05) is 0 Å². The molecule has 16 heavy (non-hydrogen) atoms. The van der Waals surface area contributed by atoms with Crippen molar-refractivity contribution >= 4 is 5.97 Å². The number of likely N-dealkylation sites (tertiary alicyclic amines) is 1. The molecule has 0 aromatic rings. The van der Waals surface area contributed by atoms with E-state index in [0.29, 0.717) is 26.2 Å². The average Bonchev–Trinajstić information content (AvgIpc) is 2.13. The lowest BCUT2D eigenvalue weighted by molar-refractivity contribution is -0.151. The van der Waals surface area contributed by atoms with Crippen molar-refractivity contribution in [3.05, 3.63) is 0 Å². The fraction of sp³-hybridized carbons (Fsp3) is 0.909. The largest absolute Gasteiger partial charge is 0.481 e. The molecule has 2 unspecified atom stereocenters. The highest BCUT2D eigenvalue weighted by molar-refractivity contribution is 5.70. The summed E-state index contributed by atoms with van der Waals surface area (Å²) in [6.07, 6.45) is -0.320. The number of carbonyl (C=O) groups is 1. The molecule has 1 aliphatic rings. The van der Waals surface area contributed by atoms with E-state index >= 15 is 0 Å². The minimum Gasteiger partial charge on any atom is -0.481 e. The van der Waals surface area contributed by atoms with Gasteiger partial charge >= 0.3 is 5.97 Å². The smallest absolute Gasteiger partial charge is 0.309 e. The summed E-state index contributed by atoms with van der Waals surface area (Å²) >= 11 is 0. The molecule has 1 heterocycles. The van der Waals surface area contributed by atoms with Crippen LogP contribution in [-0.4, -0.2) is 52.6 Å². The first-order chi connectivity index (χ1) is 7.29. The molecule has 1 saturated heterocycles. The first-order valence-electron chi connectivity index (χ1n) is 5.57. The topological polar surface area (TPSA) is 70.0 Å². The van der Waals surface area contributed by atoms with Crippen LogP contribution in [0, 0.1) is 5.92 Å². The summed E-state index contributed by atoms with van der Waals surface area (Å²) in [6.45, 7) is 7.36. The van der Waals surface area contributed by atoms with Gasteiger partial charge in [0.15, 0.2) is 0 Å². The fourth-order valence-corrected chi connectivity index (χ4v) is 1.69. The minimum absolute atomic E-state index is 0.214. The number of aliphatic hydroxyl groups excluding tert-OH is 1. The number of piperidine rings is 1. The standard InChI is InChI=1S/C11H21NO4/c1-11(2,3)16-7-12-5-4-8(10(14)15)9(13)6-12/h8-9,13H,4-7H2,1-3H3,(H,14,15). The number of ether oxygens (including phenoxy) is 1. The second kappa shape index (κ2) is 5.12. The molecule has 2 atom stereocenters. The first-order valence-corrected chi connectivity index (χ1v) is 5.57. The van der Waals surface area contributed by atoms with Crippen molar-refractivity contribution in [1.29, 1.82) is 0 Å². The third kappa shape index (κ3) is 4.08. The Morgan fingerprint density at radius 3 is 2.56 bits per heavy atom. The van der Waals surface area contributed by atoms with Crippen LogP contribution < -0.4 is 0 Å². The van der Waals surface area contributed by atoms with Crippen LogP contribution >= 0.6 is 0 Å². The van der Waals surface area contributed by atoms with E-state index in [2.05, 4.69) is 0 Å². The predicted molar refractivity (Wildman–Crippen MR) is 59.0 cm³/mol. The maximum absolute atomic E-state index is 10.8. The van der Waals surface area contributed by atoms with Crippen molar-refractivity contribution in [3.63, 3.8) is 0 Å². The molecule has 2 N–H and O–H groups in total. The number of β-amino-alcohol motifs (C(OH)–C–C–N with tert-alkyl or cyclic N) is 1. The van der Waals surface area contributed by atoms with Crippen molar-refractivity contribution in [3.8, 4) is 0 Å². The zero-order valence-electron chi connectivity index (χ0n) is 10.1. The summed E-state index contributed by atoms with van der Waals surface area (Å²) in [5.74, 6) is -1.55. The maximum atomic E-state index is 10.8. The summed E-state index contributed by atoms with van der Waals surface area (Å²) in [5, 5.41) is 18.5. The van der Waals surface area contributed by atoms with Gasteiger partial charge in [-0.05, 0) is 27.2 Å². The molecule has 0 saturated carbocycles. The number of aliphatic hydroxyl groups is 1. The third-order valence-electron chi connectivity index (χ3n) is 2.66. The Morgan fingerprint density at radius 1 is 1.50 bits per heavy atom. The lowest BCUT2D eigenvalue weighted by Crippen LogP contribution is -2.48. The van der Waals surface area contributed by atoms with Crippen LogP contribution in [0.4, 0.5) is 0 Å². The molecule has 1 aliphatic heterocycles. The highest BCUT2D eigenvalue weighted by Gasteiger charge is 2.32. The summed E-state index contributed by atoms with van der Waals surface area (Å²) in [4.78, 5) is 12.7. The SMILES string of the molecule is CC(C)(C)OCN1CCC(C(=O)O)C(O)C1. The summed E-state index contributed by atoms with van der Waals surface area (Å²) in [7, 11) is 0. The van der Waals surface area contributed by atoms with E-state index in [9.17, 15) is 9.90 Å². The van der Waals surface area contributed by atoms with Gasteiger partial charge in [-0.25, -0.2) is 0 Å². The second-order valence-corrected chi connectivity index (χ2v) is 5.26. The number of hydrogen-bond donors (Lipinski definition) is 2. The van der Waals surface area contributed by atoms with E-state index in [-0.39, 0.29) is 5.60 Å². The Bertz CT molecular complexity index is 249. The number of carboxylic acids is 1. The molecule has 0 bridgehead atoms. The van der Waals surface area contributed by atoms with Crippen LogP contribution in [0.1, 0.15) is 27.2 Å². The van der Waals surface area contributed by atoms with Crippen LogP contribution in [0.15, 0.2) is 0 Å². The van der Waals surface area contributed by atoms with E-state index in [0.717, 1.165) is 0 Å². The molecule has 1 fully saturated rings. The van der Waals surface area contributed by atoms with Crippen molar-refractivity contribution < 1.29 is 19.7 Å². The Balaban J connectivity index is 2.37. The van der Waals surface area contributed by atoms with Crippen LogP contribution in [-0.2, 0) is 9.53 Å². The molecule has 5 heteroatoms. The van der Waals surface area contributed by atoms with Gasteiger partial charge in [0.2, 0.25) is 0 Å². The maximum Gasteiger partial charge on any atom is 0.309 e.